The maximum atomic E-state index is 4.58. The van der Waals surface area contributed by atoms with Crippen molar-refractivity contribution < 1.29 is 0 Å². The van der Waals surface area contributed by atoms with Gasteiger partial charge in [0.25, 0.3) is 0 Å². The third kappa shape index (κ3) is 4.01. The highest BCUT2D eigenvalue weighted by molar-refractivity contribution is 7.09. The first-order valence-electron chi connectivity index (χ1n) is 7.48. The second kappa shape index (κ2) is 6.82. The van der Waals surface area contributed by atoms with Gasteiger partial charge in [0, 0.05) is 43.5 Å². The Morgan fingerprint density at radius 1 is 1.53 bits per heavy atom. The summed E-state index contributed by atoms with van der Waals surface area (Å²) in [6.07, 6.45) is 2.32. The second-order valence-corrected chi connectivity index (χ2v) is 6.99. The molecule has 2 atom stereocenters. The van der Waals surface area contributed by atoms with Crippen LogP contribution in [0.25, 0.3) is 0 Å². The Hall–Kier alpha value is -0.450. The molecule has 0 amide bonds. The molecule has 0 saturated carbocycles. The molecule has 108 valence electrons. The van der Waals surface area contributed by atoms with Crippen LogP contribution >= 0.6 is 11.3 Å². The van der Waals surface area contributed by atoms with Gasteiger partial charge >= 0.3 is 0 Å². The Balaban J connectivity index is 1.91. The van der Waals surface area contributed by atoms with Gasteiger partial charge in [-0.3, -0.25) is 4.90 Å². The lowest BCUT2D eigenvalue weighted by Crippen LogP contribution is -2.58. The molecule has 4 heteroatoms. The number of aryl methyl sites for hydroxylation is 1. The Labute approximate surface area is 121 Å². The number of nitrogens with one attached hydrogen (secondary N) is 1. The molecule has 1 aliphatic heterocycles. The molecule has 2 rings (SSSR count). The normalized spacial score (nSPS) is 25.1. The van der Waals surface area contributed by atoms with Gasteiger partial charge in [0.15, 0.2) is 0 Å². The standard InChI is InChI=1S/C15H27N3S/c1-5-14-8-16-15(11(2)3)9-18(14)7-6-13-10-19-12(4)17-13/h10-11,14-16H,5-9H2,1-4H3. The van der Waals surface area contributed by atoms with E-state index >= 15 is 0 Å². The van der Waals surface area contributed by atoms with Crippen LogP contribution in [0.15, 0.2) is 5.38 Å². The third-order valence-corrected chi connectivity index (χ3v) is 4.98. The minimum atomic E-state index is 0.639. The van der Waals surface area contributed by atoms with E-state index in [0.29, 0.717) is 18.0 Å². The number of hydrogen-bond acceptors (Lipinski definition) is 4. The van der Waals surface area contributed by atoms with Crippen molar-refractivity contribution in [2.45, 2.75) is 52.6 Å². The number of thiazole rings is 1. The molecule has 19 heavy (non-hydrogen) atoms. The summed E-state index contributed by atoms with van der Waals surface area (Å²) in [4.78, 5) is 7.24. The van der Waals surface area contributed by atoms with Crippen LogP contribution in [-0.4, -0.2) is 41.6 Å². The maximum absolute atomic E-state index is 4.58. The fourth-order valence-corrected chi connectivity index (χ4v) is 3.43. The minimum Gasteiger partial charge on any atom is -0.311 e. The molecule has 2 heterocycles. The fourth-order valence-electron chi connectivity index (χ4n) is 2.79. The summed E-state index contributed by atoms with van der Waals surface area (Å²) in [6, 6.07) is 1.33. The fraction of sp³-hybridized carbons (Fsp3) is 0.800. The molecule has 1 aromatic rings. The summed E-state index contributed by atoms with van der Waals surface area (Å²) in [6.45, 7) is 12.5. The monoisotopic (exact) mass is 281 g/mol. The molecule has 1 aromatic heterocycles. The van der Waals surface area contributed by atoms with Gasteiger partial charge in [-0.15, -0.1) is 11.3 Å². The molecule has 1 saturated heterocycles. The van der Waals surface area contributed by atoms with E-state index in [9.17, 15) is 0 Å². The van der Waals surface area contributed by atoms with Crippen molar-refractivity contribution in [3.05, 3.63) is 16.1 Å². The van der Waals surface area contributed by atoms with Gasteiger partial charge in [-0.1, -0.05) is 20.8 Å². The second-order valence-electron chi connectivity index (χ2n) is 5.92. The maximum Gasteiger partial charge on any atom is 0.0897 e. The molecule has 0 bridgehead atoms. The van der Waals surface area contributed by atoms with Crippen molar-refractivity contribution >= 4 is 11.3 Å². The first-order chi connectivity index (χ1) is 9.10. The van der Waals surface area contributed by atoms with E-state index in [2.05, 4.69) is 48.3 Å². The van der Waals surface area contributed by atoms with E-state index in [1.54, 1.807) is 11.3 Å². The van der Waals surface area contributed by atoms with Crippen molar-refractivity contribution in [2.24, 2.45) is 5.92 Å². The summed E-state index contributed by atoms with van der Waals surface area (Å²) in [5.41, 5.74) is 1.26. The molecule has 1 N–H and O–H groups in total. The zero-order valence-corrected chi connectivity index (χ0v) is 13.5. The summed E-state index contributed by atoms with van der Waals surface area (Å²) in [5, 5.41) is 7.09. The lowest BCUT2D eigenvalue weighted by molar-refractivity contribution is 0.111. The number of hydrogen-bond donors (Lipinski definition) is 1. The Morgan fingerprint density at radius 3 is 2.89 bits per heavy atom. The molecule has 1 fully saturated rings. The first kappa shape index (κ1) is 14.9. The van der Waals surface area contributed by atoms with Crippen LogP contribution in [0.1, 0.15) is 37.9 Å². The lowest BCUT2D eigenvalue weighted by Gasteiger charge is -2.41. The van der Waals surface area contributed by atoms with E-state index in [0.717, 1.165) is 19.5 Å². The van der Waals surface area contributed by atoms with Crippen LogP contribution in [0.4, 0.5) is 0 Å². The van der Waals surface area contributed by atoms with Gasteiger partial charge in [0.1, 0.15) is 0 Å². The van der Waals surface area contributed by atoms with Crippen LogP contribution in [0.5, 0.6) is 0 Å². The summed E-state index contributed by atoms with van der Waals surface area (Å²) in [5.74, 6) is 0.710. The number of aromatic nitrogens is 1. The highest BCUT2D eigenvalue weighted by atomic mass is 32.1. The van der Waals surface area contributed by atoms with Gasteiger partial charge in [-0.05, 0) is 19.3 Å². The van der Waals surface area contributed by atoms with Crippen LogP contribution in [0.2, 0.25) is 0 Å². The van der Waals surface area contributed by atoms with Crippen molar-refractivity contribution in [2.75, 3.05) is 19.6 Å². The Morgan fingerprint density at radius 2 is 2.32 bits per heavy atom. The van der Waals surface area contributed by atoms with Crippen LogP contribution < -0.4 is 5.32 Å². The minimum absolute atomic E-state index is 0.639. The van der Waals surface area contributed by atoms with E-state index in [1.165, 1.54) is 23.7 Å². The highest BCUT2D eigenvalue weighted by Gasteiger charge is 2.27. The van der Waals surface area contributed by atoms with Crippen LogP contribution in [0.3, 0.4) is 0 Å². The number of nitrogens with zero attached hydrogens (tertiary/aromatic N) is 2. The quantitative estimate of drug-likeness (QED) is 0.899. The smallest absolute Gasteiger partial charge is 0.0897 e. The van der Waals surface area contributed by atoms with Crippen LogP contribution in [-0.2, 0) is 6.42 Å². The van der Waals surface area contributed by atoms with Gasteiger partial charge in [-0.25, -0.2) is 4.98 Å². The third-order valence-electron chi connectivity index (χ3n) is 4.16. The molecule has 0 aromatic carbocycles. The summed E-state index contributed by atoms with van der Waals surface area (Å²) in [7, 11) is 0. The van der Waals surface area contributed by atoms with E-state index < -0.39 is 0 Å². The van der Waals surface area contributed by atoms with Crippen molar-refractivity contribution in [1.82, 2.24) is 15.2 Å². The average molecular weight is 281 g/mol. The van der Waals surface area contributed by atoms with Gasteiger partial charge in [0.2, 0.25) is 0 Å². The zero-order chi connectivity index (χ0) is 13.8. The zero-order valence-electron chi connectivity index (χ0n) is 12.6. The van der Waals surface area contributed by atoms with Crippen LogP contribution in [0, 0.1) is 12.8 Å². The van der Waals surface area contributed by atoms with E-state index in [1.807, 2.05) is 0 Å². The van der Waals surface area contributed by atoms with E-state index in [4.69, 9.17) is 0 Å². The summed E-state index contributed by atoms with van der Waals surface area (Å²) < 4.78 is 0. The van der Waals surface area contributed by atoms with Crippen molar-refractivity contribution in [1.29, 1.82) is 0 Å². The Bertz CT molecular complexity index is 388. The van der Waals surface area contributed by atoms with Gasteiger partial charge in [0.05, 0.1) is 10.7 Å². The number of rotatable bonds is 5. The summed E-state index contributed by atoms with van der Waals surface area (Å²) >= 11 is 1.76. The van der Waals surface area contributed by atoms with Gasteiger partial charge in [-0.2, -0.15) is 0 Å². The van der Waals surface area contributed by atoms with Crippen molar-refractivity contribution in [3.63, 3.8) is 0 Å². The lowest BCUT2D eigenvalue weighted by atomic mass is 9.98. The van der Waals surface area contributed by atoms with Gasteiger partial charge < -0.3 is 5.32 Å². The molecule has 1 aliphatic rings. The molecular weight excluding hydrogens is 254 g/mol. The SMILES string of the molecule is CCC1CNC(C(C)C)CN1CCc1csc(C)n1. The first-order valence-corrected chi connectivity index (χ1v) is 8.36. The number of piperazine rings is 1. The Kier molecular flexibility index (Phi) is 5.37. The average Bonchev–Trinajstić information content (AvgIpc) is 2.81. The van der Waals surface area contributed by atoms with Crippen molar-refractivity contribution in [3.8, 4) is 0 Å². The molecule has 2 unspecified atom stereocenters. The molecule has 0 radical (unpaired) electrons. The molecule has 3 nitrogen and oxygen atoms in total. The van der Waals surface area contributed by atoms with E-state index in [-0.39, 0.29) is 0 Å². The largest absolute Gasteiger partial charge is 0.311 e. The molecular formula is C15H27N3S. The topological polar surface area (TPSA) is 28.2 Å². The predicted octanol–water partition coefficient (Wildman–Crippen LogP) is 2.70. The predicted molar refractivity (Wildman–Crippen MR) is 82.8 cm³/mol. The molecule has 0 spiro atoms. The molecule has 0 aliphatic carbocycles. The highest BCUT2D eigenvalue weighted by Crippen LogP contribution is 2.16.